The van der Waals surface area contributed by atoms with E-state index >= 15 is 0 Å². The van der Waals surface area contributed by atoms with Gasteiger partial charge in [-0.1, -0.05) is 90.9 Å². The summed E-state index contributed by atoms with van der Waals surface area (Å²) in [5.41, 5.74) is 0. The van der Waals surface area contributed by atoms with Crippen molar-refractivity contribution in [3.05, 3.63) is 0 Å². The van der Waals surface area contributed by atoms with E-state index in [1.165, 1.54) is 38.5 Å². The molecule has 0 aliphatic carbocycles. The molecule has 2 unspecified atom stereocenters. The molecule has 152 valence electrons. The van der Waals surface area contributed by atoms with Crippen LogP contribution < -0.4 is 51.4 Å². The fourth-order valence-electron chi connectivity index (χ4n) is 3.27. The van der Waals surface area contributed by atoms with Crippen molar-refractivity contribution in [1.29, 1.82) is 0 Å². The summed E-state index contributed by atoms with van der Waals surface area (Å²) in [6.07, 6.45) is 15.2. The van der Waals surface area contributed by atoms with Crippen LogP contribution in [0.1, 0.15) is 117 Å². The molecule has 0 aromatic heterocycles. The fourth-order valence-corrected chi connectivity index (χ4v) is 4.15. The summed E-state index contributed by atoms with van der Waals surface area (Å²) in [6, 6.07) is 0. The molecule has 1 N–H and O–H groups in total. The predicted octanol–water partition coefficient (Wildman–Crippen LogP) is 2.55. The molecule has 0 radical (unpaired) electrons. The van der Waals surface area contributed by atoms with Crippen LogP contribution in [-0.4, -0.2) is 29.4 Å². The number of unbranched alkanes of at least 4 members (excludes halogenated alkanes) is 10. The molecule has 0 bridgehead atoms. The van der Waals surface area contributed by atoms with Gasteiger partial charge in [-0.2, -0.15) is 0 Å². The van der Waals surface area contributed by atoms with Gasteiger partial charge in [-0.15, -0.1) is 0 Å². The van der Waals surface area contributed by atoms with Gasteiger partial charge in [-0.05, 0) is 25.7 Å². The van der Waals surface area contributed by atoms with Crippen molar-refractivity contribution in [3.63, 3.8) is 0 Å². The number of rotatable bonds is 18. The molecular weight excluding hydrogens is 375 g/mol. The maximum absolute atomic E-state index is 11.4. The van der Waals surface area contributed by atoms with Gasteiger partial charge in [0.1, 0.15) is 0 Å². The maximum atomic E-state index is 11.4. The number of aliphatic hydroxyl groups excluding tert-OH is 1. The third-order valence-electron chi connectivity index (χ3n) is 5.00. The minimum Gasteiger partial charge on any atom is -0.748 e. The fraction of sp³-hybridized carbons (Fsp3) is 1.00. The summed E-state index contributed by atoms with van der Waals surface area (Å²) in [4.78, 5) is 0. The summed E-state index contributed by atoms with van der Waals surface area (Å²) in [6.45, 7) is 4.32. The zero-order valence-corrected chi connectivity index (χ0v) is 21.5. The van der Waals surface area contributed by atoms with Gasteiger partial charge in [0.25, 0.3) is 0 Å². The molecule has 2 atom stereocenters. The van der Waals surface area contributed by atoms with Crippen LogP contribution in [0.15, 0.2) is 0 Å². The van der Waals surface area contributed by atoms with Crippen molar-refractivity contribution in [3.8, 4) is 0 Å². The molecule has 6 heteroatoms. The largest absolute Gasteiger partial charge is 1.00 e. The monoisotopic (exact) mass is 416 g/mol. The summed E-state index contributed by atoms with van der Waals surface area (Å²) in [7, 11) is -4.25. The molecular formula is C20H41KO4S. The van der Waals surface area contributed by atoms with Crippen LogP contribution in [0.3, 0.4) is 0 Å². The van der Waals surface area contributed by atoms with Crippen molar-refractivity contribution >= 4 is 10.1 Å². The van der Waals surface area contributed by atoms with Crippen LogP contribution in [0.2, 0.25) is 0 Å². The van der Waals surface area contributed by atoms with Gasteiger partial charge >= 0.3 is 51.4 Å². The second kappa shape index (κ2) is 19.8. The zero-order chi connectivity index (χ0) is 19.0. The second-order valence-electron chi connectivity index (χ2n) is 7.46. The van der Waals surface area contributed by atoms with Crippen molar-refractivity contribution in [2.45, 2.75) is 128 Å². The average molecular weight is 417 g/mol. The Morgan fingerprint density at radius 1 is 0.692 bits per heavy atom. The molecule has 0 heterocycles. The smallest absolute Gasteiger partial charge is 0.748 e. The van der Waals surface area contributed by atoms with Crippen LogP contribution in [-0.2, 0) is 10.1 Å². The molecule has 0 fully saturated rings. The van der Waals surface area contributed by atoms with Crippen molar-refractivity contribution in [2.24, 2.45) is 0 Å². The van der Waals surface area contributed by atoms with E-state index < -0.39 is 21.5 Å². The van der Waals surface area contributed by atoms with Gasteiger partial charge in [0.15, 0.2) is 0 Å². The normalized spacial score (nSPS) is 14.0. The molecule has 0 aromatic carbocycles. The van der Waals surface area contributed by atoms with E-state index in [4.69, 9.17) is 0 Å². The summed E-state index contributed by atoms with van der Waals surface area (Å²) in [5, 5.41) is 9.23. The first-order chi connectivity index (χ1) is 11.9. The molecule has 0 saturated carbocycles. The van der Waals surface area contributed by atoms with E-state index in [1.54, 1.807) is 0 Å². The quantitative estimate of drug-likeness (QED) is 0.212. The standard InChI is InChI=1S/C20H42O4S.K/c1-3-5-7-9-10-11-12-13-15-19(21)17-18-20(25(22,23)24)16-14-8-6-4-2;/h19-21H,3-18H2,1-2H3,(H,22,23,24);/q;+1/p-1. The van der Waals surface area contributed by atoms with Gasteiger partial charge in [0.05, 0.1) is 16.2 Å². The molecule has 4 nitrogen and oxygen atoms in total. The SMILES string of the molecule is CCCCCCCCCCC(O)CCC(CCCCCC)S(=O)(=O)[O-].[K+]. The first-order valence-electron chi connectivity index (χ1n) is 10.5. The van der Waals surface area contributed by atoms with Crippen LogP contribution >= 0.6 is 0 Å². The van der Waals surface area contributed by atoms with Gasteiger partial charge in [0, 0.05) is 5.25 Å². The number of hydrogen-bond acceptors (Lipinski definition) is 4. The molecule has 0 saturated heterocycles. The molecule has 0 aliphatic rings. The predicted molar refractivity (Wildman–Crippen MR) is 105 cm³/mol. The minimum atomic E-state index is -4.25. The van der Waals surface area contributed by atoms with E-state index in [0.717, 1.165) is 44.9 Å². The molecule has 0 rings (SSSR count). The Bertz CT molecular complexity index is 387. The molecule has 0 aliphatic heterocycles. The van der Waals surface area contributed by atoms with Gasteiger partial charge in [0.2, 0.25) is 0 Å². The van der Waals surface area contributed by atoms with E-state index in [0.29, 0.717) is 19.3 Å². The summed E-state index contributed by atoms with van der Waals surface area (Å²) in [5.74, 6) is 0. The number of aliphatic hydroxyl groups is 1. The average Bonchev–Trinajstić information content (AvgIpc) is 2.55. The Morgan fingerprint density at radius 2 is 1.12 bits per heavy atom. The minimum absolute atomic E-state index is 0. The Kier molecular flexibility index (Phi) is 22.6. The van der Waals surface area contributed by atoms with Crippen molar-refractivity contribution in [2.75, 3.05) is 0 Å². The van der Waals surface area contributed by atoms with E-state index in [9.17, 15) is 18.1 Å². The van der Waals surface area contributed by atoms with Crippen molar-refractivity contribution < 1.29 is 69.5 Å². The van der Waals surface area contributed by atoms with E-state index in [2.05, 4.69) is 13.8 Å². The first kappa shape index (κ1) is 29.7. The molecule has 0 spiro atoms. The van der Waals surface area contributed by atoms with Crippen LogP contribution in [0.4, 0.5) is 0 Å². The Labute approximate surface area is 205 Å². The van der Waals surface area contributed by atoms with E-state index in [1.807, 2.05) is 0 Å². The molecule has 0 amide bonds. The first-order valence-corrected chi connectivity index (χ1v) is 12.0. The van der Waals surface area contributed by atoms with Crippen molar-refractivity contribution in [1.82, 2.24) is 0 Å². The maximum Gasteiger partial charge on any atom is 1.00 e. The summed E-state index contributed by atoms with van der Waals surface area (Å²) >= 11 is 0. The van der Waals surface area contributed by atoms with Crippen LogP contribution in [0.25, 0.3) is 0 Å². The van der Waals surface area contributed by atoms with Gasteiger partial charge < -0.3 is 9.66 Å². The topological polar surface area (TPSA) is 77.4 Å². The third kappa shape index (κ3) is 18.9. The Balaban J connectivity index is 0. The van der Waals surface area contributed by atoms with Gasteiger partial charge in [-0.3, -0.25) is 0 Å². The van der Waals surface area contributed by atoms with Crippen LogP contribution in [0, 0.1) is 0 Å². The number of hydrogen-bond donors (Lipinski definition) is 1. The molecule has 0 aromatic rings. The van der Waals surface area contributed by atoms with E-state index in [-0.39, 0.29) is 51.4 Å². The zero-order valence-electron chi connectivity index (χ0n) is 17.5. The van der Waals surface area contributed by atoms with Crippen LogP contribution in [0.5, 0.6) is 0 Å². The van der Waals surface area contributed by atoms with Gasteiger partial charge in [-0.25, -0.2) is 8.42 Å². The summed E-state index contributed by atoms with van der Waals surface area (Å²) < 4.78 is 34.1. The second-order valence-corrected chi connectivity index (χ2v) is 9.11. The third-order valence-corrected chi connectivity index (χ3v) is 6.29. The molecule has 26 heavy (non-hydrogen) atoms. The Morgan fingerprint density at radius 3 is 1.62 bits per heavy atom. The Hall–Kier alpha value is 1.51.